The van der Waals surface area contributed by atoms with E-state index in [1.807, 2.05) is 73.7 Å². The van der Waals surface area contributed by atoms with Crippen molar-refractivity contribution in [2.75, 3.05) is 24.0 Å². The third kappa shape index (κ3) is 6.32. The summed E-state index contributed by atoms with van der Waals surface area (Å²) in [7, 11) is 4.92. The van der Waals surface area contributed by atoms with Crippen molar-refractivity contribution < 1.29 is 33.8 Å². The number of thiophene rings is 1. The third-order valence-electron chi connectivity index (χ3n) is 13.8. The molecule has 2 aliphatic carbocycles. The number of aryl methyl sites for hydroxylation is 2. The zero-order valence-corrected chi connectivity index (χ0v) is 37.8. The average molecular weight is 914 g/mol. The van der Waals surface area contributed by atoms with Crippen LogP contribution in [0.15, 0.2) is 96.6 Å². The highest BCUT2D eigenvalue weighted by Crippen LogP contribution is 2.64. The lowest BCUT2D eigenvalue weighted by Crippen LogP contribution is -2.49. The summed E-state index contributed by atoms with van der Waals surface area (Å²) < 4.78 is 13.5. The van der Waals surface area contributed by atoms with Gasteiger partial charge in [0.2, 0.25) is 23.6 Å². The molecule has 6 atom stereocenters. The molecule has 10 rings (SSSR count). The van der Waals surface area contributed by atoms with Gasteiger partial charge < -0.3 is 14.6 Å². The fourth-order valence-electron chi connectivity index (χ4n) is 10.7. The number of allylic oxidation sites excluding steroid dienone is 2. The molecule has 6 aromatic rings. The molecule has 2 aliphatic heterocycles. The van der Waals surface area contributed by atoms with Crippen LogP contribution in [-0.4, -0.2) is 52.7 Å². The fraction of sp³-hybridized carbons (Fsp3) is 0.260. The normalized spacial score (nSPS) is 24.1. The van der Waals surface area contributed by atoms with Gasteiger partial charge in [0.15, 0.2) is 0 Å². The maximum atomic E-state index is 15.2. The topological polar surface area (TPSA) is 131 Å². The molecular weight excluding hydrogens is 872 g/mol. The van der Waals surface area contributed by atoms with Gasteiger partial charge in [0.1, 0.15) is 28.8 Å². The number of methoxy groups -OCH3 is 2. The summed E-state index contributed by atoms with van der Waals surface area (Å²) in [5.41, 5.74) is 3.71. The van der Waals surface area contributed by atoms with Crippen molar-refractivity contribution in [2.24, 2.45) is 36.1 Å². The summed E-state index contributed by atoms with van der Waals surface area (Å²) in [6, 6.07) is 24.9. The predicted molar refractivity (Wildman–Crippen MR) is 249 cm³/mol. The lowest BCUT2D eigenvalue weighted by molar-refractivity contribution is -0.131. The van der Waals surface area contributed by atoms with E-state index in [-0.39, 0.29) is 35.4 Å². The van der Waals surface area contributed by atoms with Crippen LogP contribution >= 0.6 is 34.5 Å². The van der Waals surface area contributed by atoms with Crippen molar-refractivity contribution in [3.63, 3.8) is 0 Å². The molecule has 11 nitrogen and oxygen atoms in total. The third-order valence-corrected chi connectivity index (χ3v) is 15.7. The van der Waals surface area contributed by atoms with E-state index in [1.165, 1.54) is 21.9 Å². The fourth-order valence-corrected chi connectivity index (χ4v) is 12.3. The highest BCUT2D eigenvalue weighted by molar-refractivity contribution is 7.22. The minimum absolute atomic E-state index is 0.0501. The van der Waals surface area contributed by atoms with Crippen LogP contribution in [0.2, 0.25) is 10.0 Å². The Kier molecular flexibility index (Phi) is 10.1. The predicted octanol–water partition coefficient (Wildman–Crippen LogP) is 10.2. The molecule has 2 aromatic heterocycles. The van der Waals surface area contributed by atoms with Crippen molar-refractivity contribution >= 4 is 91.9 Å². The Balaban J connectivity index is 0.996. The molecule has 0 spiro atoms. The van der Waals surface area contributed by atoms with Crippen molar-refractivity contribution in [1.29, 1.82) is 0 Å². The number of phenols is 1. The van der Waals surface area contributed by atoms with Crippen LogP contribution in [0.1, 0.15) is 47.9 Å². The van der Waals surface area contributed by atoms with Crippen molar-refractivity contribution in [1.82, 2.24) is 9.78 Å². The quantitative estimate of drug-likeness (QED) is 0.0907. The van der Waals surface area contributed by atoms with E-state index in [0.717, 1.165) is 37.2 Å². The van der Waals surface area contributed by atoms with Crippen molar-refractivity contribution in [2.45, 2.75) is 32.6 Å². The van der Waals surface area contributed by atoms with Gasteiger partial charge in [0, 0.05) is 39.3 Å². The number of hydrogen-bond donors (Lipinski definition) is 1. The Bertz CT molecular complexity index is 3050. The number of imide groups is 2. The number of aromatic hydroxyl groups is 1. The summed E-state index contributed by atoms with van der Waals surface area (Å²) in [5, 5.41) is 17.1. The first-order valence-electron chi connectivity index (χ1n) is 20.9. The Labute approximate surface area is 383 Å². The second kappa shape index (κ2) is 15.5. The van der Waals surface area contributed by atoms with Crippen molar-refractivity contribution in [3.05, 3.63) is 129 Å². The highest BCUT2D eigenvalue weighted by atomic mass is 35.5. The molecule has 4 heterocycles. The van der Waals surface area contributed by atoms with Crippen LogP contribution in [0.25, 0.3) is 32.8 Å². The van der Waals surface area contributed by atoms with Crippen LogP contribution in [0.4, 0.5) is 11.5 Å². The molecule has 4 aliphatic rings. The van der Waals surface area contributed by atoms with E-state index >= 15 is 9.59 Å². The number of amides is 4. The number of anilines is 2. The van der Waals surface area contributed by atoms with Gasteiger partial charge in [-0.15, -0.1) is 11.3 Å². The number of phenolic OH excluding ortho intramolecular Hbond substituents is 1. The number of aromatic nitrogens is 2. The molecule has 1 N–H and O–H groups in total. The number of rotatable bonds is 8. The second-order valence-electron chi connectivity index (χ2n) is 17.1. The lowest BCUT2D eigenvalue weighted by Gasteiger charge is -2.49. The monoisotopic (exact) mass is 912 g/mol. The van der Waals surface area contributed by atoms with E-state index in [2.05, 4.69) is 0 Å². The molecule has 6 unspecified atom stereocenters. The van der Waals surface area contributed by atoms with Gasteiger partial charge in [0.25, 0.3) is 0 Å². The summed E-state index contributed by atoms with van der Waals surface area (Å²) in [5.74, 6) is -3.46. The van der Waals surface area contributed by atoms with E-state index in [9.17, 15) is 14.7 Å². The molecule has 3 fully saturated rings. The van der Waals surface area contributed by atoms with Crippen LogP contribution in [0.5, 0.6) is 17.2 Å². The Morgan fingerprint density at radius 3 is 2.38 bits per heavy atom. The largest absolute Gasteiger partial charge is 0.508 e. The molecule has 0 radical (unpaired) electrons. The minimum atomic E-state index is -1.34. The average Bonchev–Trinajstić information content (AvgIpc) is 3.96. The van der Waals surface area contributed by atoms with Crippen LogP contribution < -0.4 is 19.3 Å². The molecule has 4 aromatic carbocycles. The summed E-state index contributed by atoms with van der Waals surface area (Å²) in [6.45, 7) is 3.81. The smallest absolute Gasteiger partial charge is 0.242 e. The van der Waals surface area contributed by atoms with Gasteiger partial charge in [-0.05, 0) is 115 Å². The molecule has 1 saturated carbocycles. The maximum Gasteiger partial charge on any atom is 0.242 e. The lowest BCUT2D eigenvalue weighted by atomic mass is 9.51. The molecular formula is C50H42Cl2N4O7S. The first-order chi connectivity index (χ1) is 30.7. The molecule has 64 heavy (non-hydrogen) atoms. The first kappa shape index (κ1) is 41.8. The number of benzene rings is 4. The number of fused-ring (bicyclic) bond motifs is 5. The van der Waals surface area contributed by atoms with E-state index < -0.39 is 46.8 Å². The van der Waals surface area contributed by atoms with Gasteiger partial charge in [-0.2, -0.15) is 5.10 Å². The number of carbonyl (C=O) groups excluding carboxylic acids is 4. The van der Waals surface area contributed by atoms with Gasteiger partial charge in [-0.3, -0.25) is 28.8 Å². The first-order valence-corrected chi connectivity index (χ1v) is 22.5. The van der Waals surface area contributed by atoms with E-state index in [1.54, 1.807) is 68.5 Å². The van der Waals surface area contributed by atoms with Crippen molar-refractivity contribution in [3.8, 4) is 27.8 Å². The van der Waals surface area contributed by atoms with Gasteiger partial charge in [-0.25, -0.2) is 4.90 Å². The number of carbonyl (C=O) groups is 4. The van der Waals surface area contributed by atoms with Gasteiger partial charge >= 0.3 is 0 Å². The number of hydrogen-bond acceptors (Lipinski definition) is 9. The Morgan fingerprint density at radius 1 is 0.859 bits per heavy atom. The number of nitrogens with zero attached hydrogens (tertiary/aromatic N) is 4. The highest BCUT2D eigenvalue weighted by Gasteiger charge is 2.68. The minimum Gasteiger partial charge on any atom is -0.508 e. The Morgan fingerprint density at radius 2 is 1.64 bits per heavy atom. The van der Waals surface area contributed by atoms with Crippen LogP contribution in [0, 0.1) is 36.0 Å². The number of halogens is 2. The molecule has 4 amide bonds. The summed E-state index contributed by atoms with van der Waals surface area (Å²) >= 11 is 14.8. The molecule has 0 bridgehead atoms. The maximum absolute atomic E-state index is 15.2. The molecule has 324 valence electrons. The van der Waals surface area contributed by atoms with Gasteiger partial charge in [0.05, 0.1) is 48.0 Å². The van der Waals surface area contributed by atoms with Crippen LogP contribution in [-0.2, 0) is 26.2 Å². The summed E-state index contributed by atoms with van der Waals surface area (Å²) in [6.07, 6.45) is 6.24. The second-order valence-corrected chi connectivity index (χ2v) is 19.0. The SMILES string of the molecule is COc1ccc(OC)c(C=Cc2ccc(N3C(=O)C4CC=C5C(CC6C(=O)N(c7cc(-c8sc9ccc(Cl)cc9c8C)nn7C)C(=O)C6(C)C5c5ccc(O)cc5Cl)C4C3=O)cc2)c1. The number of ether oxygens (including phenoxy) is 2. The molecule has 2 saturated heterocycles. The van der Waals surface area contributed by atoms with Gasteiger partial charge in [-0.1, -0.05) is 65.2 Å². The van der Waals surface area contributed by atoms with E-state index in [4.69, 9.17) is 37.8 Å². The van der Waals surface area contributed by atoms with E-state index in [0.29, 0.717) is 39.3 Å². The zero-order chi connectivity index (χ0) is 44.9. The summed E-state index contributed by atoms with van der Waals surface area (Å²) in [4.78, 5) is 62.8. The standard InChI is InChI=1S/C50H42Cl2N4O7S/c1-25-35-21-28(51)10-19-41(35)64-45(25)39-24-42(54(3)53-39)56-47(59)37-23-36-32(44(50(37,2)49(56)61)33-15-13-30(57)22-38(33)52)16-17-34-43(36)48(60)55(46(34)58)29-11-7-26(8-12-29)6-9-27-20-31(62-4)14-18-40(27)63-5/h6-16,18-22,24,34,36-37,43-44,57H,17,23H2,1-5H3. The zero-order valence-electron chi connectivity index (χ0n) is 35.5. The Hall–Kier alpha value is -6.21. The van der Waals surface area contributed by atoms with Crippen LogP contribution in [0.3, 0.4) is 0 Å². The molecule has 14 heteroatoms.